The van der Waals surface area contributed by atoms with Gasteiger partial charge in [-0.2, -0.15) is 0 Å². The van der Waals surface area contributed by atoms with Crippen molar-refractivity contribution in [3.8, 4) is 5.75 Å². The number of rotatable bonds is 5. The second kappa shape index (κ2) is 6.27. The lowest BCUT2D eigenvalue weighted by molar-refractivity contribution is 0.321. The SMILES string of the molecule is CCOc1ccc(S(=O)(=O)Nc2ccc(F)cc2F)cc1F. The topological polar surface area (TPSA) is 55.4 Å². The van der Waals surface area contributed by atoms with E-state index in [9.17, 15) is 21.6 Å². The summed E-state index contributed by atoms with van der Waals surface area (Å²) < 4.78 is 71.0. The van der Waals surface area contributed by atoms with Gasteiger partial charge >= 0.3 is 0 Å². The summed E-state index contributed by atoms with van der Waals surface area (Å²) in [5.74, 6) is -2.86. The molecule has 2 rings (SSSR count). The molecular weight excluding hydrogens is 319 g/mol. The fourth-order valence-corrected chi connectivity index (χ4v) is 2.78. The van der Waals surface area contributed by atoms with Crippen molar-refractivity contribution in [2.24, 2.45) is 0 Å². The number of benzene rings is 2. The summed E-state index contributed by atoms with van der Waals surface area (Å²) >= 11 is 0. The van der Waals surface area contributed by atoms with Crippen molar-refractivity contribution in [3.05, 3.63) is 53.8 Å². The third-order valence-corrected chi connectivity index (χ3v) is 4.05. The van der Waals surface area contributed by atoms with E-state index in [4.69, 9.17) is 4.74 Å². The Morgan fingerprint density at radius 1 is 1.05 bits per heavy atom. The average Bonchev–Trinajstić information content (AvgIpc) is 2.44. The van der Waals surface area contributed by atoms with Gasteiger partial charge in [0.25, 0.3) is 10.0 Å². The number of hydrogen-bond acceptors (Lipinski definition) is 3. The molecule has 118 valence electrons. The van der Waals surface area contributed by atoms with Crippen molar-refractivity contribution in [1.82, 2.24) is 0 Å². The van der Waals surface area contributed by atoms with Crippen LogP contribution in [0.2, 0.25) is 0 Å². The van der Waals surface area contributed by atoms with E-state index in [0.29, 0.717) is 6.07 Å². The standard InChI is InChI=1S/C14H12F3NO3S/c1-2-21-14-6-4-10(8-12(14)17)22(19,20)18-13-5-3-9(15)7-11(13)16/h3-8,18H,2H2,1H3. The van der Waals surface area contributed by atoms with E-state index in [1.54, 1.807) is 6.92 Å². The van der Waals surface area contributed by atoms with Gasteiger partial charge in [0.15, 0.2) is 11.6 Å². The van der Waals surface area contributed by atoms with Gasteiger partial charge in [-0.15, -0.1) is 0 Å². The summed E-state index contributed by atoms with van der Waals surface area (Å²) in [6.45, 7) is 1.88. The van der Waals surface area contributed by atoms with Crippen LogP contribution < -0.4 is 9.46 Å². The van der Waals surface area contributed by atoms with Crippen LogP contribution in [0.5, 0.6) is 5.75 Å². The maximum atomic E-state index is 13.7. The first kappa shape index (κ1) is 16.2. The van der Waals surface area contributed by atoms with E-state index in [1.807, 2.05) is 4.72 Å². The summed E-state index contributed by atoms with van der Waals surface area (Å²) in [7, 11) is -4.21. The van der Waals surface area contributed by atoms with Gasteiger partial charge in [-0.3, -0.25) is 4.72 Å². The van der Waals surface area contributed by atoms with E-state index in [-0.39, 0.29) is 12.4 Å². The van der Waals surface area contributed by atoms with E-state index in [1.165, 1.54) is 0 Å². The molecule has 0 aliphatic rings. The summed E-state index contributed by atoms with van der Waals surface area (Å²) in [4.78, 5) is -0.405. The molecule has 0 saturated heterocycles. The second-order valence-electron chi connectivity index (χ2n) is 4.25. The van der Waals surface area contributed by atoms with Crippen LogP contribution >= 0.6 is 0 Å². The predicted molar refractivity (Wildman–Crippen MR) is 74.7 cm³/mol. The van der Waals surface area contributed by atoms with E-state index in [0.717, 1.165) is 30.3 Å². The molecule has 0 aliphatic carbocycles. The molecule has 22 heavy (non-hydrogen) atoms. The summed E-state index contributed by atoms with van der Waals surface area (Å²) in [6, 6.07) is 5.42. The Hall–Kier alpha value is -2.22. The lowest BCUT2D eigenvalue weighted by atomic mass is 10.3. The van der Waals surface area contributed by atoms with Gasteiger partial charge < -0.3 is 4.74 Å². The third-order valence-electron chi connectivity index (χ3n) is 2.69. The zero-order chi connectivity index (χ0) is 16.3. The number of sulfonamides is 1. The van der Waals surface area contributed by atoms with Crippen molar-refractivity contribution in [2.45, 2.75) is 11.8 Å². The Morgan fingerprint density at radius 3 is 2.36 bits per heavy atom. The van der Waals surface area contributed by atoms with Gasteiger partial charge in [-0.25, -0.2) is 21.6 Å². The Morgan fingerprint density at radius 2 is 1.77 bits per heavy atom. The van der Waals surface area contributed by atoms with E-state index < -0.39 is 38.1 Å². The Labute approximate surface area is 125 Å². The van der Waals surface area contributed by atoms with Crippen molar-refractivity contribution in [1.29, 1.82) is 0 Å². The summed E-state index contributed by atoms with van der Waals surface area (Å²) in [5.41, 5.74) is -0.435. The molecule has 0 spiro atoms. The van der Waals surface area contributed by atoms with Gasteiger partial charge in [0.1, 0.15) is 11.6 Å². The van der Waals surface area contributed by atoms with Crippen LogP contribution in [0, 0.1) is 17.5 Å². The molecule has 0 heterocycles. The molecule has 0 bridgehead atoms. The molecule has 0 atom stereocenters. The Bertz CT molecular complexity index is 794. The van der Waals surface area contributed by atoms with Crippen LogP contribution in [0.1, 0.15) is 6.92 Å². The number of nitrogens with one attached hydrogen (secondary N) is 1. The fraction of sp³-hybridized carbons (Fsp3) is 0.143. The predicted octanol–water partition coefficient (Wildman–Crippen LogP) is 3.30. The molecule has 1 N–H and O–H groups in total. The van der Waals surface area contributed by atoms with Crippen LogP contribution in [0.3, 0.4) is 0 Å². The minimum atomic E-state index is -4.21. The largest absolute Gasteiger partial charge is 0.491 e. The number of halogens is 3. The fourth-order valence-electron chi connectivity index (χ4n) is 1.70. The van der Waals surface area contributed by atoms with Crippen molar-refractivity contribution in [3.63, 3.8) is 0 Å². The molecule has 0 saturated carbocycles. The van der Waals surface area contributed by atoms with Crippen molar-refractivity contribution in [2.75, 3.05) is 11.3 Å². The molecule has 2 aromatic rings. The zero-order valence-electron chi connectivity index (χ0n) is 11.4. The lowest BCUT2D eigenvalue weighted by Crippen LogP contribution is -2.14. The molecular formula is C14H12F3NO3S. The quantitative estimate of drug-likeness (QED) is 0.914. The van der Waals surface area contributed by atoms with Crippen molar-refractivity contribution < 1.29 is 26.3 Å². The van der Waals surface area contributed by atoms with Gasteiger partial charge in [-0.1, -0.05) is 0 Å². The highest BCUT2D eigenvalue weighted by Gasteiger charge is 2.18. The summed E-state index contributed by atoms with van der Waals surface area (Å²) in [5, 5.41) is 0. The average molecular weight is 331 g/mol. The first-order chi connectivity index (χ1) is 10.3. The van der Waals surface area contributed by atoms with Crippen LogP contribution in [-0.4, -0.2) is 15.0 Å². The highest BCUT2D eigenvalue weighted by Crippen LogP contribution is 2.24. The molecule has 8 heteroatoms. The minimum Gasteiger partial charge on any atom is -0.491 e. The van der Waals surface area contributed by atoms with E-state index >= 15 is 0 Å². The van der Waals surface area contributed by atoms with Gasteiger partial charge in [-0.05, 0) is 37.3 Å². The van der Waals surface area contributed by atoms with Gasteiger partial charge in [0.2, 0.25) is 0 Å². The van der Waals surface area contributed by atoms with Crippen molar-refractivity contribution >= 4 is 15.7 Å². The maximum Gasteiger partial charge on any atom is 0.262 e. The molecule has 0 amide bonds. The first-order valence-electron chi connectivity index (χ1n) is 6.23. The normalized spacial score (nSPS) is 11.3. The second-order valence-corrected chi connectivity index (χ2v) is 5.94. The minimum absolute atomic E-state index is 0.0885. The molecule has 0 aromatic heterocycles. The third kappa shape index (κ3) is 3.51. The highest BCUT2D eigenvalue weighted by atomic mass is 32.2. The zero-order valence-corrected chi connectivity index (χ0v) is 12.3. The summed E-state index contributed by atoms with van der Waals surface area (Å²) in [6.07, 6.45) is 0. The molecule has 2 aromatic carbocycles. The lowest BCUT2D eigenvalue weighted by Gasteiger charge is -2.10. The first-order valence-corrected chi connectivity index (χ1v) is 7.72. The van der Waals surface area contributed by atoms with Crippen LogP contribution in [0.4, 0.5) is 18.9 Å². The maximum absolute atomic E-state index is 13.7. The Kier molecular flexibility index (Phi) is 4.60. The van der Waals surface area contributed by atoms with Crippen LogP contribution in [-0.2, 0) is 10.0 Å². The molecule has 0 aliphatic heterocycles. The molecule has 0 unspecified atom stereocenters. The highest BCUT2D eigenvalue weighted by molar-refractivity contribution is 7.92. The van der Waals surface area contributed by atoms with Gasteiger partial charge in [0.05, 0.1) is 17.2 Å². The van der Waals surface area contributed by atoms with Gasteiger partial charge in [0, 0.05) is 6.07 Å². The Balaban J connectivity index is 2.32. The number of ether oxygens (including phenoxy) is 1. The van der Waals surface area contributed by atoms with E-state index in [2.05, 4.69) is 0 Å². The monoisotopic (exact) mass is 331 g/mol. The van der Waals surface area contributed by atoms with Crippen LogP contribution in [0.25, 0.3) is 0 Å². The number of hydrogen-bond donors (Lipinski definition) is 1. The molecule has 0 fully saturated rings. The molecule has 0 radical (unpaired) electrons. The molecule has 4 nitrogen and oxygen atoms in total. The number of anilines is 1. The van der Waals surface area contributed by atoms with Crippen LogP contribution in [0.15, 0.2) is 41.3 Å². The smallest absolute Gasteiger partial charge is 0.262 e.